The van der Waals surface area contributed by atoms with Crippen LogP contribution in [-0.2, 0) is 0 Å². The number of aryl methyl sites for hydroxylation is 1. The summed E-state index contributed by atoms with van der Waals surface area (Å²) in [6.07, 6.45) is 1.68. The van der Waals surface area contributed by atoms with Crippen molar-refractivity contribution in [3.8, 4) is 5.75 Å². The van der Waals surface area contributed by atoms with Crippen molar-refractivity contribution in [2.75, 3.05) is 13.2 Å². The van der Waals surface area contributed by atoms with Crippen LogP contribution in [0.4, 0.5) is 0 Å². The van der Waals surface area contributed by atoms with Crippen LogP contribution in [-0.4, -0.2) is 13.2 Å². The van der Waals surface area contributed by atoms with E-state index in [-0.39, 0.29) is 6.04 Å². The summed E-state index contributed by atoms with van der Waals surface area (Å²) in [5, 5.41) is 4.59. The zero-order valence-electron chi connectivity index (χ0n) is 12.4. The molecular formula is C16H19Cl2NO2. The molecule has 0 aliphatic heterocycles. The summed E-state index contributed by atoms with van der Waals surface area (Å²) in [5.41, 5.74) is 1.97. The van der Waals surface area contributed by atoms with Crippen LogP contribution in [0.15, 0.2) is 28.9 Å². The van der Waals surface area contributed by atoms with Crippen molar-refractivity contribution in [1.29, 1.82) is 0 Å². The summed E-state index contributed by atoms with van der Waals surface area (Å²) in [4.78, 5) is 0. The molecule has 0 radical (unpaired) electrons. The van der Waals surface area contributed by atoms with Gasteiger partial charge in [-0.3, -0.25) is 0 Å². The molecule has 0 amide bonds. The molecule has 0 saturated carbocycles. The molecule has 0 fully saturated rings. The Morgan fingerprint density at radius 2 is 1.95 bits per heavy atom. The van der Waals surface area contributed by atoms with Crippen LogP contribution in [0.25, 0.3) is 0 Å². The van der Waals surface area contributed by atoms with Crippen LogP contribution in [0.2, 0.25) is 10.0 Å². The fourth-order valence-corrected chi connectivity index (χ4v) is 2.81. The lowest BCUT2D eigenvalue weighted by Gasteiger charge is -2.20. The van der Waals surface area contributed by atoms with Crippen LogP contribution in [0.5, 0.6) is 5.75 Å². The summed E-state index contributed by atoms with van der Waals surface area (Å²) in [7, 11) is 0. The standard InChI is InChI=1S/C16H19Cl2NO2/c1-4-19-16(11-6-7-21-10(11)3)12-8-14(18)15(20-5-2)9-13(12)17/h6-9,16,19H,4-5H2,1-3H3. The van der Waals surface area contributed by atoms with Gasteiger partial charge in [0.2, 0.25) is 0 Å². The third-order valence-corrected chi connectivity index (χ3v) is 3.90. The molecule has 1 aromatic heterocycles. The molecule has 1 unspecified atom stereocenters. The molecule has 0 saturated heterocycles. The molecular weight excluding hydrogens is 309 g/mol. The molecule has 2 rings (SSSR count). The second-order valence-corrected chi connectivity index (χ2v) is 5.47. The number of nitrogens with one attached hydrogen (secondary N) is 1. The summed E-state index contributed by atoms with van der Waals surface area (Å²) in [6.45, 7) is 7.24. The van der Waals surface area contributed by atoms with Crippen LogP contribution >= 0.6 is 23.2 Å². The van der Waals surface area contributed by atoms with E-state index in [4.69, 9.17) is 32.4 Å². The van der Waals surface area contributed by atoms with E-state index in [0.717, 1.165) is 23.4 Å². The third kappa shape index (κ3) is 3.54. The Kier molecular flexibility index (Phi) is 5.57. The van der Waals surface area contributed by atoms with Gasteiger partial charge in [0.05, 0.1) is 23.9 Å². The van der Waals surface area contributed by atoms with Gasteiger partial charge in [-0.25, -0.2) is 0 Å². The Bertz CT molecular complexity index is 610. The number of ether oxygens (including phenoxy) is 1. The highest BCUT2D eigenvalue weighted by atomic mass is 35.5. The lowest BCUT2D eigenvalue weighted by Crippen LogP contribution is -2.22. The van der Waals surface area contributed by atoms with Gasteiger partial charge in [0.15, 0.2) is 0 Å². The van der Waals surface area contributed by atoms with Gasteiger partial charge >= 0.3 is 0 Å². The normalized spacial score (nSPS) is 12.4. The van der Waals surface area contributed by atoms with Crippen molar-refractivity contribution in [3.05, 3.63) is 51.4 Å². The zero-order chi connectivity index (χ0) is 15.4. The summed E-state index contributed by atoms with van der Waals surface area (Å²) < 4.78 is 10.9. The lowest BCUT2D eigenvalue weighted by molar-refractivity contribution is 0.340. The number of rotatable bonds is 6. The monoisotopic (exact) mass is 327 g/mol. The van der Waals surface area contributed by atoms with Crippen LogP contribution in [0.1, 0.15) is 36.8 Å². The lowest BCUT2D eigenvalue weighted by atomic mass is 9.99. The number of benzene rings is 1. The maximum Gasteiger partial charge on any atom is 0.139 e. The Labute approximate surface area is 135 Å². The van der Waals surface area contributed by atoms with E-state index in [9.17, 15) is 0 Å². The Morgan fingerprint density at radius 3 is 2.52 bits per heavy atom. The summed E-state index contributed by atoms with van der Waals surface area (Å²) in [6, 6.07) is 5.51. The largest absolute Gasteiger partial charge is 0.492 e. The van der Waals surface area contributed by atoms with Crippen molar-refractivity contribution in [1.82, 2.24) is 5.32 Å². The van der Waals surface area contributed by atoms with E-state index >= 15 is 0 Å². The van der Waals surface area contributed by atoms with Gasteiger partial charge in [-0.15, -0.1) is 0 Å². The molecule has 1 heterocycles. The first-order chi connectivity index (χ1) is 10.1. The number of hydrogen-bond donors (Lipinski definition) is 1. The number of halogens is 2. The van der Waals surface area contributed by atoms with Gasteiger partial charge in [-0.1, -0.05) is 30.1 Å². The second kappa shape index (κ2) is 7.21. The van der Waals surface area contributed by atoms with Crippen molar-refractivity contribution < 1.29 is 9.15 Å². The molecule has 0 aliphatic carbocycles. The minimum Gasteiger partial charge on any atom is -0.492 e. The Morgan fingerprint density at radius 1 is 1.19 bits per heavy atom. The molecule has 2 aromatic rings. The highest BCUT2D eigenvalue weighted by Gasteiger charge is 2.21. The van der Waals surface area contributed by atoms with Gasteiger partial charge < -0.3 is 14.5 Å². The van der Waals surface area contributed by atoms with Crippen LogP contribution in [0, 0.1) is 6.92 Å². The van der Waals surface area contributed by atoms with E-state index in [0.29, 0.717) is 22.4 Å². The fraction of sp³-hybridized carbons (Fsp3) is 0.375. The minimum absolute atomic E-state index is 0.0607. The molecule has 0 spiro atoms. The quantitative estimate of drug-likeness (QED) is 0.811. The van der Waals surface area contributed by atoms with Crippen molar-refractivity contribution in [3.63, 3.8) is 0 Å². The predicted octanol–water partition coefficient (Wildman–Crippen LogP) is 4.99. The average Bonchev–Trinajstić information content (AvgIpc) is 2.86. The van der Waals surface area contributed by atoms with Gasteiger partial charge in [0.25, 0.3) is 0 Å². The van der Waals surface area contributed by atoms with Gasteiger partial charge in [0.1, 0.15) is 11.5 Å². The van der Waals surface area contributed by atoms with Gasteiger partial charge in [-0.2, -0.15) is 0 Å². The molecule has 1 aromatic carbocycles. The van der Waals surface area contributed by atoms with Crippen molar-refractivity contribution in [2.24, 2.45) is 0 Å². The van der Waals surface area contributed by atoms with E-state index in [1.165, 1.54) is 0 Å². The first-order valence-corrected chi connectivity index (χ1v) is 7.73. The molecule has 0 aliphatic rings. The third-order valence-electron chi connectivity index (χ3n) is 3.28. The first kappa shape index (κ1) is 16.2. The van der Waals surface area contributed by atoms with E-state index in [2.05, 4.69) is 5.32 Å². The van der Waals surface area contributed by atoms with Crippen molar-refractivity contribution >= 4 is 23.2 Å². The molecule has 114 valence electrons. The first-order valence-electron chi connectivity index (χ1n) is 6.97. The minimum atomic E-state index is -0.0607. The van der Waals surface area contributed by atoms with E-state index in [1.807, 2.05) is 32.9 Å². The summed E-state index contributed by atoms with van der Waals surface area (Å²) >= 11 is 12.7. The van der Waals surface area contributed by atoms with E-state index < -0.39 is 0 Å². The maximum atomic E-state index is 6.43. The Balaban J connectivity index is 2.46. The maximum absolute atomic E-state index is 6.43. The second-order valence-electron chi connectivity index (χ2n) is 4.66. The number of furan rings is 1. The molecule has 3 nitrogen and oxygen atoms in total. The average molecular weight is 328 g/mol. The van der Waals surface area contributed by atoms with Crippen molar-refractivity contribution in [2.45, 2.75) is 26.8 Å². The molecule has 21 heavy (non-hydrogen) atoms. The Hall–Kier alpha value is -1.16. The fourth-order valence-electron chi connectivity index (χ4n) is 2.32. The zero-order valence-corrected chi connectivity index (χ0v) is 13.9. The summed E-state index contributed by atoms with van der Waals surface area (Å²) in [5.74, 6) is 1.47. The predicted molar refractivity (Wildman–Crippen MR) is 86.6 cm³/mol. The smallest absolute Gasteiger partial charge is 0.139 e. The number of hydrogen-bond acceptors (Lipinski definition) is 3. The molecule has 0 bridgehead atoms. The molecule has 1 N–H and O–H groups in total. The SMILES string of the molecule is CCNC(c1cc(Cl)c(OCC)cc1Cl)c1ccoc1C. The highest BCUT2D eigenvalue weighted by Crippen LogP contribution is 2.37. The van der Waals surface area contributed by atoms with Gasteiger partial charge in [-0.05, 0) is 38.1 Å². The van der Waals surface area contributed by atoms with E-state index in [1.54, 1.807) is 12.3 Å². The highest BCUT2D eigenvalue weighted by molar-refractivity contribution is 6.34. The van der Waals surface area contributed by atoms with Gasteiger partial charge in [0, 0.05) is 16.7 Å². The van der Waals surface area contributed by atoms with Crippen LogP contribution in [0.3, 0.4) is 0 Å². The molecule has 1 atom stereocenters. The molecule has 5 heteroatoms. The van der Waals surface area contributed by atoms with Crippen LogP contribution < -0.4 is 10.1 Å². The topological polar surface area (TPSA) is 34.4 Å².